The number of rotatable bonds is 7. The molecule has 0 bridgehead atoms. The summed E-state index contributed by atoms with van der Waals surface area (Å²) < 4.78 is 20.5. The Balaban J connectivity index is 1.73. The van der Waals surface area contributed by atoms with Gasteiger partial charge in [-0.1, -0.05) is 45.9 Å². The monoisotopic (exact) mass is 498 g/mol. The van der Waals surface area contributed by atoms with E-state index < -0.39 is 23.1 Å². The van der Waals surface area contributed by atoms with Crippen LogP contribution in [0.25, 0.3) is 0 Å². The van der Waals surface area contributed by atoms with Crippen LogP contribution in [-0.4, -0.2) is 51.6 Å². The molecule has 174 valence electrons. The summed E-state index contributed by atoms with van der Waals surface area (Å²) in [4.78, 5) is 52.9. The molecule has 0 N–H and O–H groups in total. The largest absolute Gasteiger partial charge is 0.489 e. The number of carbonyl (C=O) groups is 4. The maximum absolute atomic E-state index is 13.1. The van der Waals surface area contributed by atoms with Crippen molar-refractivity contribution in [1.29, 1.82) is 0 Å². The topological polar surface area (TPSA) is 105 Å². The predicted octanol–water partition coefficient (Wildman–Crippen LogP) is 4.25. The lowest BCUT2D eigenvalue weighted by Crippen LogP contribution is -2.25. The lowest BCUT2D eigenvalue weighted by molar-refractivity contribution is 0.0826. The molecule has 0 aromatic heterocycles. The van der Waals surface area contributed by atoms with E-state index in [1.165, 1.54) is 50.0 Å². The lowest BCUT2D eigenvalue weighted by atomic mass is 9.92. The second kappa shape index (κ2) is 9.40. The molecule has 0 saturated heterocycles. The summed E-state index contributed by atoms with van der Waals surface area (Å²) in [6, 6.07) is 9.79. The number of allylic oxidation sites excluding steroid dienone is 4. The summed E-state index contributed by atoms with van der Waals surface area (Å²) in [6.07, 6.45) is 0. The molecule has 0 fully saturated rings. The van der Waals surface area contributed by atoms with Crippen LogP contribution in [0.2, 0.25) is 0 Å². The number of hydrogen-bond acceptors (Lipinski definition) is 10. The number of carbonyl (C=O) groups excluding carboxylic acids is 4. The van der Waals surface area contributed by atoms with Crippen molar-refractivity contribution in [3.8, 4) is 0 Å². The van der Waals surface area contributed by atoms with Gasteiger partial charge in [0.15, 0.2) is 0 Å². The molecule has 2 aliphatic rings. The zero-order chi connectivity index (χ0) is 24.6. The fourth-order valence-corrected chi connectivity index (χ4v) is 6.16. The Bertz CT molecular complexity index is 1220. The van der Waals surface area contributed by atoms with E-state index in [0.717, 1.165) is 0 Å². The van der Waals surface area contributed by atoms with Gasteiger partial charge in [0.05, 0.1) is 39.6 Å². The van der Waals surface area contributed by atoms with E-state index in [0.29, 0.717) is 9.79 Å². The van der Waals surface area contributed by atoms with Gasteiger partial charge in [-0.15, -0.1) is 0 Å². The van der Waals surface area contributed by atoms with Gasteiger partial charge in [0.2, 0.25) is 46.2 Å². The summed E-state index contributed by atoms with van der Waals surface area (Å²) in [5.41, 5.74) is 0.774. The second-order valence-electron chi connectivity index (χ2n) is 6.97. The zero-order valence-electron chi connectivity index (χ0n) is 18.5. The molecule has 4 rings (SSSR count). The Hall–Kier alpha value is -3.50. The maximum atomic E-state index is 13.1. The van der Waals surface area contributed by atoms with Crippen molar-refractivity contribution < 1.29 is 38.1 Å². The summed E-state index contributed by atoms with van der Waals surface area (Å²) in [5.74, 6) is -2.51. The van der Waals surface area contributed by atoms with Gasteiger partial charge in [0.25, 0.3) is 0 Å². The summed E-state index contributed by atoms with van der Waals surface area (Å²) >= 11 is 0. The zero-order valence-corrected chi connectivity index (χ0v) is 20.2. The van der Waals surface area contributed by atoms with Crippen molar-refractivity contribution in [1.82, 2.24) is 0 Å². The van der Waals surface area contributed by atoms with Crippen LogP contribution >= 0.6 is 21.6 Å². The molecule has 10 heteroatoms. The third-order valence-corrected chi connectivity index (χ3v) is 7.72. The molecule has 2 aromatic rings. The van der Waals surface area contributed by atoms with E-state index in [2.05, 4.69) is 0 Å². The highest BCUT2D eigenvalue weighted by molar-refractivity contribution is 8.76. The molecule has 8 nitrogen and oxygen atoms in total. The highest BCUT2D eigenvalue weighted by Gasteiger charge is 2.38. The quantitative estimate of drug-likeness (QED) is 0.514. The van der Waals surface area contributed by atoms with Gasteiger partial charge < -0.3 is 18.9 Å². The first-order chi connectivity index (χ1) is 16.4. The minimum absolute atomic E-state index is 0.149. The van der Waals surface area contributed by atoms with Gasteiger partial charge in [-0.25, -0.2) is 0 Å². The fraction of sp³-hybridized carbons (Fsp3) is 0.167. The maximum Gasteiger partial charge on any atom is 0.233 e. The second-order valence-corrected chi connectivity index (χ2v) is 9.19. The molecule has 0 heterocycles. The SMILES string of the molecule is COC1=C(OC)C(=O)c2c(SSc3cccc4c3C(=O)C(OC)=C(OC)C4=O)cccc2C1=O. The highest BCUT2D eigenvalue weighted by atomic mass is 33.1. The average Bonchev–Trinajstić information content (AvgIpc) is 2.86. The lowest BCUT2D eigenvalue weighted by Gasteiger charge is -2.22. The molecule has 0 aliphatic heterocycles. The van der Waals surface area contributed by atoms with Crippen molar-refractivity contribution in [3.63, 3.8) is 0 Å². The molecule has 0 saturated carbocycles. The number of fused-ring (bicyclic) bond motifs is 2. The number of ketones is 4. The normalized spacial score (nSPS) is 15.3. The van der Waals surface area contributed by atoms with Crippen LogP contribution in [-0.2, 0) is 18.9 Å². The Morgan fingerprint density at radius 2 is 0.824 bits per heavy atom. The highest BCUT2D eigenvalue weighted by Crippen LogP contribution is 2.45. The third-order valence-electron chi connectivity index (χ3n) is 5.27. The van der Waals surface area contributed by atoms with E-state index in [4.69, 9.17) is 18.9 Å². The summed E-state index contributed by atoms with van der Waals surface area (Å²) in [6.45, 7) is 0. The van der Waals surface area contributed by atoms with Crippen LogP contribution in [0.15, 0.2) is 69.2 Å². The Morgan fingerprint density at radius 3 is 1.15 bits per heavy atom. The molecule has 0 spiro atoms. The average molecular weight is 499 g/mol. The first-order valence-electron chi connectivity index (χ1n) is 9.83. The fourth-order valence-electron chi connectivity index (χ4n) is 3.76. The number of Topliss-reactive ketones (excluding diaryl/α,β-unsaturated/α-hetero) is 4. The molecule has 0 unspecified atom stereocenters. The number of benzene rings is 2. The molecular weight excluding hydrogens is 480 g/mol. The molecule has 2 aromatic carbocycles. The van der Waals surface area contributed by atoms with Crippen molar-refractivity contribution in [2.75, 3.05) is 28.4 Å². The van der Waals surface area contributed by atoms with E-state index in [9.17, 15) is 19.2 Å². The van der Waals surface area contributed by atoms with E-state index in [1.807, 2.05) is 0 Å². The molecular formula is C24H18O8S2. The van der Waals surface area contributed by atoms with Crippen LogP contribution in [0.5, 0.6) is 0 Å². The van der Waals surface area contributed by atoms with Crippen molar-refractivity contribution in [3.05, 3.63) is 81.7 Å². The van der Waals surface area contributed by atoms with Gasteiger partial charge in [-0.3, -0.25) is 19.2 Å². The molecule has 0 amide bonds. The van der Waals surface area contributed by atoms with Gasteiger partial charge >= 0.3 is 0 Å². The van der Waals surface area contributed by atoms with Gasteiger partial charge in [-0.2, -0.15) is 0 Å². The molecule has 0 atom stereocenters. The smallest absolute Gasteiger partial charge is 0.233 e. The molecule has 34 heavy (non-hydrogen) atoms. The molecule has 0 radical (unpaired) electrons. The van der Waals surface area contributed by atoms with Gasteiger partial charge in [0, 0.05) is 20.9 Å². The molecule has 2 aliphatic carbocycles. The summed E-state index contributed by atoms with van der Waals surface area (Å²) in [5, 5.41) is 0. The third kappa shape index (κ3) is 3.59. The minimum Gasteiger partial charge on any atom is -0.489 e. The standard InChI is InChI=1S/C24H18O8S2/c1-29-21-17(25)11-7-5-9-13(15(11)19(27)23(21)31-3)33-34-14-10-6-8-12-16(14)20(28)24(32-4)22(30-2)18(12)26/h5-10H,1-4H3. The van der Waals surface area contributed by atoms with Crippen LogP contribution < -0.4 is 0 Å². The van der Waals surface area contributed by atoms with Crippen molar-refractivity contribution >= 4 is 44.7 Å². The van der Waals surface area contributed by atoms with Gasteiger partial charge in [-0.05, 0) is 12.1 Å². The van der Waals surface area contributed by atoms with Crippen molar-refractivity contribution in [2.45, 2.75) is 9.79 Å². The Morgan fingerprint density at radius 1 is 0.500 bits per heavy atom. The first kappa shape index (κ1) is 23.7. The number of methoxy groups -OCH3 is 4. The Labute approximate surface area is 202 Å². The predicted molar refractivity (Wildman–Crippen MR) is 124 cm³/mol. The number of ether oxygens (including phenoxy) is 4. The van der Waals surface area contributed by atoms with Crippen LogP contribution in [0.3, 0.4) is 0 Å². The Kier molecular flexibility index (Phi) is 6.54. The number of hydrogen-bond donors (Lipinski definition) is 0. The van der Waals surface area contributed by atoms with Crippen LogP contribution in [0, 0.1) is 0 Å². The van der Waals surface area contributed by atoms with E-state index in [1.54, 1.807) is 36.4 Å². The minimum atomic E-state index is -0.478. The van der Waals surface area contributed by atoms with E-state index in [-0.39, 0.29) is 45.3 Å². The van der Waals surface area contributed by atoms with Gasteiger partial charge in [0.1, 0.15) is 0 Å². The van der Waals surface area contributed by atoms with Crippen LogP contribution in [0.1, 0.15) is 41.4 Å². The summed E-state index contributed by atoms with van der Waals surface area (Å²) in [7, 11) is 7.55. The van der Waals surface area contributed by atoms with Crippen molar-refractivity contribution in [2.24, 2.45) is 0 Å². The van der Waals surface area contributed by atoms with Crippen LogP contribution in [0.4, 0.5) is 0 Å². The van der Waals surface area contributed by atoms with E-state index >= 15 is 0 Å². The first-order valence-corrected chi connectivity index (χ1v) is 12.0.